The van der Waals surface area contributed by atoms with Crippen LogP contribution in [0.4, 0.5) is 4.79 Å². The van der Waals surface area contributed by atoms with Crippen molar-refractivity contribution in [1.29, 1.82) is 0 Å². The summed E-state index contributed by atoms with van der Waals surface area (Å²) in [6.07, 6.45) is 16.8. The molecule has 0 unspecified atom stereocenters. The van der Waals surface area contributed by atoms with Gasteiger partial charge in [0.2, 0.25) is 0 Å². The van der Waals surface area contributed by atoms with Crippen LogP contribution in [0.3, 0.4) is 0 Å². The molecule has 0 N–H and O–H groups in total. The molecule has 1 aromatic rings. The van der Waals surface area contributed by atoms with Gasteiger partial charge in [-0.2, -0.15) is 0 Å². The average Bonchev–Trinajstić information content (AvgIpc) is 3.33. The van der Waals surface area contributed by atoms with Gasteiger partial charge in [0.05, 0.1) is 12.3 Å². The second-order valence-corrected chi connectivity index (χ2v) is 13.3. The first kappa shape index (κ1) is 27.6. The Morgan fingerprint density at radius 3 is 2.75 bits per heavy atom. The number of carbonyl (C=O) groups excluding carboxylic acids is 1. The molecule has 40 heavy (non-hydrogen) atoms. The number of hydrogen-bond donors (Lipinski definition) is 0. The number of ether oxygens (including phenoxy) is 1. The minimum Gasteiger partial charge on any atom is -0.433 e. The largest absolute Gasteiger partial charge is 0.535 e. The lowest BCUT2D eigenvalue weighted by molar-refractivity contribution is -0.0191. The number of pyridine rings is 1. The van der Waals surface area contributed by atoms with Crippen LogP contribution in [-0.4, -0.2) is 73.0 Å². The minimum absolute atomic E-state index is 0.212. The highest BCUT2D eigenvalue weighted by atomic mass is 16.8. The minimum atomic E-state index is -0.689. The Balaban J connectivity index is 1.03. The van der Waals surface area contributed by atoms with E-state index in [2.05, 4.69) is 65.1 Å². The second-order valence-electron chi connectivity index (χ2n) is 13.3. The number of likely N-dealkylation sites (N-methyl/N-ethyl adjacent to an activating group) is 1. The van der Waals surface area contributed by atoms with Crippen molar-refractivity contribution >= 4 is 17.4 Å². The van der Waals surface area contributed by atoms with E-state index in [9.17, 15) is 4.79 Å². The van der Waals surface area contributed by atoms with Gasteiger partial charge in [-0.25, -0.2) is 4.79 Å². The number of allylic oxidation sites excluding steroid dienone is 4. The third-order valence-corrected chi connectivity index (χ3v) is 11.2. The van der Waals surface area contributed by atoms with Crippen molar-refractivity contribution in [3.63, 3.8) is 0 Å². The molecule has 3 fully saturated rings. The molecular weight excluding hydrogens is 500 g/mol. The van der Waals surface area contributed by atoms with E-state index in [0.717, 1.165) is 70.0 Å². The molecule has 1 saturated heterocycles. The van der Waals surface area contributed by atoms with Gasteiger partial charge in [0, 0.05) is 45.1 Å². The van der Waals surface area contributed by atoms with Gasteiger partial charge >= 0.3 is 6.16 Å². The van der Waals surface area contributed by atoms with Gasteiger partial charge in [0.1, 0.15) is 0 Å². The number of carbonyl (C=O) groups is 1. The molecule has 5 aliphatic rings. The van der Waals surface area contributed by atoms with Gasteiger partial charge in [-0.1, -0.05) is 36.7 Å². The zero-order chi connectivity index (χ0) is 27.7. The number of aromatic nitrogens is 1. The quantitative estimate of drug-likeness (QED) is 0.184. The Morgan fingerprint density at radius 1 is 1.10 bits per heavy atom. The summed E-state index contributed by atoms with van der Waals surface area (Å²) in [4.78, 5) is 26.5. The third kappa shape index (κ3) is 5.27. The first-order valence-corrected chi connectivity index (χ1v) is 15.5. The van der Waals surface area contributed by atoms with E-state index in [1.54, 1.807) is 0 Å². The zero-order valence-electron chi connectivity index (χ0n) is 24.6. The highest BCUT2D eigenvalue weighted by molar-refractivity contribution is 5.96. The highest BCUT2D eigenvalue weighted by Crippen LogP contribution is 2.66. The molecule has 5 atom stereocenters. The Labute approximate surface area is 239 Å². The molecule has 2 heterocycles. The molecule has 1 aromatic heterocycles. The monoisotopic (exact) mass is 546 g/mol. The number of piperazine rings is 1. The smallest absolute Gasteiger partial charge is 0.433 e. The molecular formula is C33H46N4O3. The molecule has 7 nitrogen and oxygen atoms in total. The molecule has 1 aliphatic heterocycles. The Kier molecular flexibility index (Phi) is 7.88. The topological polar surface area (TPSA) is 67.3 Å². The van der Waals surface area contributed by atoms with Crippen molar-refractivity contribution in [2.24, 2.45) is 33.7 Å². The van der Waals surface area contributed by atoms with Gasteiger partial charge in [-0.05, 0) is 110 Å². The summed E-state index contributed by atoms with van der Waals surface area (Å²) in [6.45, 7) is 10.7. The summed E-state index contributed by atoms with van der Waals surface area (Å²) < 4.78 is 5.30. The predicted octanol–water partition coefficient (Wildman–Crippen LogP) is 6.18. The van der Waals surface area contributed by atoms with Crippen molar-refractivity contribution < 1.29 is 14.4 Å². The number of oxime groups is 1. The second kappa shape index (κ2) is 11.4. The van der Waals surface area contributed by atoms with E-state index in [1.165, 1.54) is 42.4 Å². The predicted molar refractivity (Wildman–Crippen MR) is 158 cm³/mol. The van der Waals surface area contributed by atoms with Gasteiger partial charge in [-0.3, -0.25) is 9.82 Å². The van der Waals surface area contributed by atoms with Gasteiger partial charge < -0.3 is 14.5 Å². The van der Waals surface area contributed by atoms with Crippen LogP contribution in [0.15, 0.2) is 47.4 Å². The fourth-order valence-corrected chi connectivity index (χ4v) is 8.82. The Morgan fingerprint density at radius 2 is 1.95 bits per heavy atom. The summed E-state index contributed by atoms with van der Waals surface area (Å²) in [5.74, 6) is 2.17. The lowest BCUT2D eigenvalue weighted by atomic mass is 9.46. The lowest BCUT2D eigenvalue weighted by Crippen LogP contribution is -2.49. The fraction of sp³-hybridized carbons (Fsp3) is 0.667. The molecule has 4 aliphatic carbocycles. The number of rotatable bonds is 6. The van der Waals surface area contributed by atoms with E-state index < -0.39 is 6.16 Å². The molecule has 0 amide bonds. The molecule has 0 spiro atoms. The lowest BCUT2D eigenvalue weighted by Gasteiger charge is -2.58. The van der Waals surface area contributed by atoms with E-state index in [0.29, 0.717) is 18.4 Å². The van der Waals surface area contributed by atoms with Gasteiger partial charge in [-0.15, -0.1) is 0 Å². The third-order valence-electron chi connectivity index (χ3n) is 11.2. The summed E-state index contributed by atoms with van der Waals surface area (Å²) >= 11 is 0. The molecule has 0 radical (unpaired) electrons. The fourth-order valence-electron chi connectivity index (χ4n) is 8.82. The SMILES string of the molecule is CN1CCN(CCCOC(=O)ON=C2C=C3CC[C@H]4[C@H](CC[C@]5(C)C(c6cccnc6)=CC[C@@H]45)[C@@]3(C)CC2)CC1. The van der Waals surface area contributed by atoms with Crippen molar-refractivity contribution in [2.45, 2.75) is 65.2 Å². The maximum Gasteiger partial charge on any atom is 0.535 e. The van der Waals surface area contributed by atoms with Crippen LogP contribution in [0.1, 0.15) is 70.8 Å². The van der Waals surface area contributed by atoms with Gasteiger partial charge in [0.25, 0.3) is 0 Å². The molecule has 7 heteroatoms. The van der Waals surface area contributed by atoms with Crippen molar-refractivity contribution in [3.05, 3.63) is 47.8 Å². The molecule has 0 bridgehead atoms. The van der Waals surface area contributed by atoms with E-state index in [1.807, 2.05) is 12.4 Å². The number of hydrogen-bond acceptors (Lipinski definition) is 7. The van der Waals surface area contributed by atoms with Crippen LogP contribution >= 0.6 is 0 Å². The van der Waals surface area contributed by atoms with Crippen LogP contribution in [0.2, 0.25) is 0 Å². The first-order valence-electron chi connectivity index (χ1n) is 15.5. The molecule has 0 aromatic carbocycles. The van der Waals surface area contributed by atoms with E-state index in [4.69, 9.17) is 9.57 Å². The average molecular weight is 547 g/mol. The van der Waals surface area contributed by atoms with Crippen LogP contribution < -0.4 is 0 Å². The van der Waals surface area contributed by atoms with Crippen molar-refractivity contribution in [3.8, 4) is 0 Å². The van der Waals surface area contributed by atoms with Gasteiger partial charge in [0.15, 0.2) is 0 Å². The van der Waals surface area contributed by atoms with Crippen molar-refractivity contribution in [2.75, 3.05) is 46.4 Å². The summed E-state index contributed by atoms with van der Waals surface area (Å²) in [6, 6.07) is 4.30. The molecule has 216 valence electrons. The zero-order valence-corrected chi connectivity index (χ0v) is 24.6. The molecule has 6 rings (SSSR count). The molecule has 2 saturated carbocycles. The Hall–Kier alpha value is -2.51. The van der Waals surface area contributed by atoms with E-state index in [-0.39, 0.29) is 10.8 Å². The number of nitrogens with zero attached hydrogens (tertiary/aromatic N) is 4. The highest BCUT2D eigenvalue weighted by Gasteiger charge is 2.57. The standard InChI is InChI=1S/C33H46N4O3/c1-32-13-11-26(35-40-31(38)39-21-5-16-37-19-17-36(3)18-20-37)22-25(32)7-8-27-29-10-9-28(24-6-4-15-34-23-24)33(29,2)14-12-30(27)32/h4,6,9,15,22-23,27,29-30H,5,7-8,10-14,16-21H2,1-3H3/t27-,29+,30+,32+,33-/m1/s1. The van der Waals surface area contributed by atoms with Crippen LogP contribution in [0.25, 0.3) is 5.57 Å². The van der Waals surface area contributed by atoms with E-state index >= 15 is 0 Å². The summed E-state index contributed by atoms with van der Waals surface area (Å²) in [5, 5.41) is 4.23. The van der Waals surface area contributed by atoms with Crippen LogP contribution in [0.5, 0.6) is 0 Å². The van der Waals surface area contributed by atoms with Crippen LogP contribution in [0, 0.1) is 28.6 Å². The maximum absolute atomic E-state index is 12.2. The summed E-state index contributed by atoms with van der Waals surface area (Å²) in [5.41, 5.74) is 5.68. The van der Waals surface area contributed by atoms with Crippen LogP contribution in [-0.2, 0) is 9.57 Å². The first-order chi connectivity index (χ1) is 19.4. The maximum atomic E-state index is 12.2. The Bertz CT molecular complexity index is 1170. The summed E-state index contributed by atoms with van der Waals surface area (Å²) in [7, 11) is 2.16. The van der Waals surface area contributed by atoms with Crippen molar-refractivity contribution in [1.82, 2.24) is 14.8 Å². The number of fused-ring (bicyclic) bond motifs is 5. The normalized spacial score (nSPS) is 35.3.